The molecule has 2 aromatic heterocycles. The first kappa shape index (κ1) is 20.2. The molecule has 0 spiro atoms. The van der Waals surface area contributed by atoms with E-state index in [0.717, 1.165) is 35.4 Å². The predicted octanol–water partition coefficient (Wildman–Crippen LogP) is 2.75. The van der Waals surface area contributed by atoms with Crippen molar-refractivity contribution in [3.8, 4) is 5.00 Å². The van der Waals surface area contributed by atoms with Crippen molar-refractivity contribution in [2.24, 2.45) is 5.92 Å². The number of anilines is 1. The summed E-state index contributed by atoms with van der Waals surface area (Å²) in [4.78, 5) is 14.0. The number of benzene rings is 1. The maximum Gasteiger partial charge on any atom is 0.249 e. The second kappa shape index (κ2) is 8.18. The summed E-state index contributed by atoms with van der Waals surface area (Å²) in [5, 5.41) is 19.5. The van der Waals surface area contributed by atoms with Crippen LogP contribution in [-0.2, 0) is 24.2 Å². The molecule has 32 heavy (non-hydrogen) atoms. The summed E-state index contributed by atoms with van der Waals surface area (Å²) in [6.07, 6.45) is 3.57. The standard InChI is InChI=1S/C22H25N7OS2/c1-13-7-8-15-16(9-13)32-20-18(15)19-24-12-25-29(19)21-26-27-22(28(20)21)31-11-17(30)23-10-14-5-3-2-4-6-14/h2-6,13,19,24-25H,7-12H2,1H3,(H,23,30)/t13-,19?/m1/s1. The van der Waals surface area contributed by atoms with Gasteiger partial charge < -0.3 is 5.32 Å². The van der Waals surface area contributed by atoms with Crippen LogP contribution in [-0.4, -0.2) is 33.1 Å². The van der Waals surface area contributed by atoms with Gasteiger partial charge in [-0.1, -0.05) is 49.0 Å². The number of aromatic nitrogens is 3. The molecule has 2 aliphatic heterocycles. The number of thiophene rings is 1. The number of carbonyl (C=O) groups excluding carboxylic acids is 1. The van der Waals surface area contributed by atoms with Crippen LogP contribution >= 0.6 is 23.1 Å². The number of fused-ring (bicyclic) bond motifs is 8. The van der Waals surface area contributed by atoms with Crippen LogP contribution in [0.2, 0.25) is 0 Å². The Morgan fingerprint density at radius 3 is 3.06 bits per heavy atom. The quantitative estimate of drug-likeness (QED) is 0.498. The van der Waals surface area contributed by atoms with Crippen LogP contribution in [0.4, 0.5) is 5.95 Å². The highest BCUT2D eigenvalue weighted by Crippen LogP contribution is 2.48. The number of hydrogen-bond acceptors (Lipinski definition) is 8. The van der Waals surface area contributed by atoms with Gasteiger partial charge in [0.25, 0.3) is 0 Å². The molecule has 166 valence electrons. The Morgan fingerprint density at radius 2 is 2.19 bits per heavy atom. The van der Waals surface area contributed by atoms with Crippen LogP contribution in [0.5, 0.6) is 0 Å². The van der Waals surface area contributed by atoms with Crippen molar-refractivity contribution in [3.05, 3.63) is 51.9 Å². The Bertz CT molecular complexity index is 1160. The number of carbonyl (C=O) groups is 1. The first-order valence-corrected chi connectivity index (χ1v) is 12.8. The zero-order valence-electron chi connectivity index (χ0n) is 17.8. The Labute approximate surface area is 194 Å². The highest BCUT2D eigenvalue weighted by atomic mass is 32.2. The molecule has 1 amide bonds. The van der Waals surface area contributed by atoms with Crippen molar-refractivity contribution in [2.75, 3.05) is 17.4 Å². The van der Waals surface area contributed by atoms with E-state index in [1.807, 2.05) is 41.7 Å². The zero-order chi connectivity index (χ0) is 21.7. The van der Waals surface area contributed by atoms with Gasteiger partial charge in [0.1, 0.15) is 11.2 Å². The summed E-state index contributed by atoms with van der Waals surface area (Å²) < 4.78 is 2.13. The lowest BCUT2D eigenvalue weighted by atomic mass is 9.87. The Kier molecular flexibility index (Phi) is 5.17. The van der Waals surface area contributed by atoms with Gasteiger partial charge in [-0.2, -0.15) is 0 Å². The number of thioether (sulfide) groups is 1. The van der Waals surface area contributed by atoms with Gasteiger partial charge in [-0.25, -0.2) is 9.99 Å². The third-order valence-electron chi connectivity index (χ3n) is 6.31. The molecular weight excluding hydrogens is 442 g/mol. The van der Waals surface area contributed by atoms with Gasteiger partial charge in [0.15, 0.2) is 5.16 Å². The number of hydrazine groups is 1. The van der Waals surface area contributed by atoms with Crippen LogP contribution in [0, 0.1) is 5.92 Å². The fraction of sp³-hybridized carbons (Fsp3) is 0.409. The molecule has 1 fully saturated rings. The van der Waals surface area contributed by atoms with Crippen LogP contribution in [0.3, 0.4) is 0 Å². The summed E-state index contributed by atoms with van der Waals surface area (Å²) in [6.45, 7) is 3.56. The second-order valence-corrected chi connectivity index (χ2v) is 10.6. The van der Waals surface area contributed by atoms with E-state index in [4.69, 9.17) is 0 Å². The van der Waals surface area contributed by atoms with E-state index in [1.165, 1.54) is 39.2 Å². The van der Waals surface area contributed by atoms with E-state index in [1.54, 1.807) is 0 Å². The highest BCUT2D eigenvalue weighted by Gasteiger charge is 2.42. The van der Waals surface area contributed by atoms with E-state index in [-0.39, 0.29) is 12.1 Å². The van der Waals surface area contributed by atoms with Crippen molar-refractivity contribution in [2.45, 2.75) is 44.1 Å². The average Bonchev–Trinajstić information content (AvgIpc) is 3.52. The Hall–Kier alpha value is -2.40. The van der Waals surface area contributed by atoms with Crippen molar-refractivity contribution in [1.82, 2.24) is 30.8 Å². The number of hydrogen-bond donors (Lipinski definition) is 3. The highest BCUT2D eigenvalue weighted by molar-refractivity contribution is 7.99. The van der Waals surface area contributed by atoms with Gasteiger partial charge in [-0.05, 0) is 36.3 Å². The van der Waals surface area contributed by atoms with Gasteiger partial charge in [0.2, 0.25) is 11.9 Å². The molecule has 0 bridgehead atoms. The molecule has 0 radical (unpaired) electrons. The molecule has 10 heteroatoms. The minimum atomic E-state index is -0.00891. The second-order valence-electron chi connectivity index (χ2n) is 8.55. The third kappa shape index (κ3) is 3.42. The van der Waals surface area contributed by atoms with Gasteiger partial charge in [0, 0.05) is 17.0 Å². The third-order valence-corrected chi connectivity index (χ3v) is 8.49. The van der Waals surface area contributed by atoms with Crippen molar-refractivity contribution in [3.63, 3.8) is 0 Å². The summed E-state index contributed by atoms with van der Waals surface area (Å²) in [5.41, 5.74) is 7.33. The smallest absolute Gasteiger partial charge is 0.249 e. The van der Waals surface area contributed by atoms with Gasteiger partial charge in [-0.3, -0.25) is 15.1 Å². The summed E-state index contributed by atoms with van der Waals surface area (Å²) in [7, 11) is 0. The largest absolute Gasteiger partial charge is 0.351 e. The summed E-state index contributed by atoms with van der Waals surface area (Å²) in [5.74, 6) is 1.80. The molecule has 1 aliphatic carbocycles. The minimum absolute atomic E-state index is 0.00891. The zero-order valence-corrected chi connectivity index (χ0v) is 19.4. The minimum Gasteiger partial charge on any atom is -0.351 e. The number of nitrogens with zero attached hydrogens (tertiary/aromatic N) is 4. The van der Waals surface area contributed by atoms with Gasteiger partial charge in [0.05, 0.1) is 12.4 Å². The first-order valence-electron chi connectivity index (χ1n) is 11.0. The molecular formula is C22H25N7OS2. The SMILES string of the molecule is C[C@@H]1CCc2c(sc3c2C2NCNN2c2nnc(SCC(=O)NCc4ccccc4)n2-3)C1. The fourth-order valence-electron chi connectivity index (χ4n) is 4.70. The normalized spacial score (nSPS) is 21.0. The molecule has 3 N–H and O–H groups in total. The van der Waals surface area contributed by atoms with E-state index in [0.29, 0.717) is 19.0 Å². The molecule has 2 atom stereocenters. The van der Waals surface area contributed by atoms with E-state index < -0.39 is 0 Å². The first-order chi connectivity index (χ1) is 15.7. The van der Waals surface area contributed by atoms with E-state index in [9.17, 15) is 4.79 Å². The average molecular weight is 468 g/mol. The molecule has 1 saturated heterocycles. The van der Waals surface area contributed by atoms with Gasteiger partial charge in [-0.15, -0.1) is 21.5 Å². The lowest BCUT2D eigenvalue weighted by Crippen LogP contribution is -2.39. The molecule has 3 aromatic rings. The topological polar surface area (TPSA) is 87.1 Å². The van der Waals surface area contributed by atoms with Crippen LogP contribution in [0.1, 0.15) is 41.1 Å². The Balaban J connectivity index is 1.26. The number of rotatable bonds is 5. The molecule has 1 unspecified atom stereocenters. The number of amides is 1. The maximum absolute atomic E-state index is 12.5. The molecule has 0 saturated carbocycles. The molecule has 3 aliphatic rings. The van der Waals surface area contributed by atoms with Crippen molar-refractivity contribution in [1.29, 1.82) is 0 Å². The Morgan fingerprint density at radius 1 is 1.31 bits per heavy atom. The van der Waals surface area contributed by atoms with Crippen LogP contribution in [0.15, 0.2) is 35.5 Å². The van der Waals surface area contributed by atoms with Crippen LogP contribution < -0.4 is 21.1 Å². The summed E-state index contributed by atoms with van der Waals surface area (Å²) in [6, 6.07) is 9.95. The summed E-state index contributed by atoms with van der Waals surface area (Å²) >= 11 is 3.31. The lowest BCUT2D eigenvalue weighted by molar-refractivity contribution is -0.118. The predicted molar refractivity (Wildman–Crippen MR) is 126 cm³/mol. The maximum atomic E-state index is 12.5. The molecule has 1 aromatic carbocycles. The van der Waals surface area contributed by atoms with Crippen LogP contribution in [0.25, 0.3) is 5.00 Å². The molecule has 8 nitrogen and oxygen atoms in total. The molecule has 4 heterocycles. The van der Waals surface area contributed by atoms with Crippen molar-refractivity contribution >= 4 is 35.0 Å². The monoisotopic (exact) mass is 467 g/mol. The number of nitrogens with one attached hydrogen (secondary N) is 3. The lowest BCUT2D eigenvalue weighted by Gasteiger charge is -2.31. The van der Waals surface area contributed by atoms with Crippen molar-refractivity contribution < 1.29 is 4.79 Å². The van der Waals surface area contributed by atoms with Gasteiger partial charge >= 0.3 is 0 Å². The van der Waals surface area contributed by atoms with E-state index >= 15 is 0 Å². The van der Waals surface area contributed by atoms with E-state index in [2.05, 4.69) is 42.8 Å². The fourth-order valence-corrected chi connectivity index (χ4v) is 7.06. The molecule has 6 rings (SSSR count).